The lowest BCUT2D eigenvalue weighted by molar-refractivity contribution is -0.127. The van der Waals surface area contributed by atoms with Crippen molar-refractivity contribution in [2.24, 2.45) is 5.92 Å². The molecule has 0 spiro atoms. The van der Waals surface area contributed by atoms with E-state index in [2.05, 4.69) is 22.0 Å². The summed E-state index contributed by atoms with van der Waals surface area (Å²) in [6, 6.07) is 0. The SMILES string of the molecule is CCCCCN1CC(CN2CCNCC2)CC1=O. The fourth-order valence-corrected chi connectivity index (χ4v) is 3.00. The van der Waals surface area contributed by atoms with E-state index in [1.165, 1.54) is 19.3 Å². The molecule has 2 rings (SSSR count). The molecule has 4 nitrogen and oxygen atoms in total. The summed E-state index contributed by atoms with van der Waals surface area (Å²) in [7, 11) is 0. The lowest BCUT2D eigenvalue weighted by Gasteiger charge is -2.29. The normalized spacial score (nSPS) is 25.9. The molecular formula is C14H27N3O. The summed E-state index contributed by atoms with van der Waals surface area (Å²) >= 11 is 0. The first-order chi connectivity index (χ1) is 8.79. The number of rotatable bonds is 6. The molecule has 0 saturated carbocycles. The van der Waals surface area contributed by atoms with E-state index in [9.17, 15) is 4.79 Å². The quantitative estimate of drug-likeness (QED) is 0.715. The smallest absolute Gasteiger partial charge is 0.222 e. The van der Waals surface area contributed by atoms with Gasteiger partial charge in [0.2, 0.25) is 5.91 Å². The number of nitrogens with one attached hydrogen (secondary N) is 1. The van der Waals surface area contributed by atoms with Crippen LogP contribution in [0.3, 0.4) is 0 Å². The number of nitrogens with zero attached hydrogens (tertiary/aromatic N) is 2. The Morgan fingerprint density at radius 3 is 2.78 bits per heavy atom. The molecule has 0 aromatic heterocycles. The zero-order chi connectivity index (χ0) is 12.8. The number of piperazine rings is 1. The molecule has 0 radical (unpaired) electrons. The average Bonchev–Trinajstić information content (AvgIpc) is 2.71. The lowest BCUT2D eigenvalue weighted by Crippen LogP contribution is -2.45. The molecule has 0 aromatic rings. The van der Waals surface area contributed by atoms with Gasteiger partial charge in [-0.05, 0) is 12.3 Å². The van der Waals surface area contributed by atoms with Gasteiger partial charge in [0, 0.05) is 52.2 Å². The third kappa shape index (κ3) is 3.95. The van der Waals surface area contributed by atoms with Gasteiger partial charge in [-0.3, -0.25) is 4.79 Å². The minimum absolute atomic E-state index is 0.381. The van der Waals surface area contributed by atoms with Gasteiger partial charge >= 0.3 is 0 Å². The van der Waals surface area contributed by atoms with Crippen molar-refractivity contribution in [1.82, 2.24) is 15.1 Å². The molecule has 0 aromatic carbocycles. The number of hydrogen-bond donors (Lipinski definition) is 1. The molecule has 2 saturated heterocycles. The van der Waals surface area contributed by atoms with Crippen LogP contribution in [0.2, 0.25) is 0 Å². The largest absolute Gasteiger partial charge is 0.342 e. The molecule has 18 heavy (non-hydrogen) atoms. The van der Waals surface area contributed by atoms with E-state index in [4.69, 9.17) is 0 Å². The van der Waals surface area contributed by atoms with E-state index >= 15 is 0 Å². The molecule has 1 amide bonds. The van der Waals surface area contributed by atoms with Crippen LogP contribution in [-0.4, -0.2) is 61.5 Å². The van der Waals surface area contributed by atoms with Crippen molar-refractivity contribution >= 4 is 5.91 Å². The first kappa shape index (κ1) is 13.8. The van der Waals surface area contributed by atoms with Crippen molar-refractivity contribution in [3.05, 3.63) is 0 Å². The molecule has 4 heteroatoms. The molecule has 2 aliphatic rings. The molecule has 2 fully saturated rings. The Morgan fingerprint density at radius 1 is 1.28 bits per heavy atom. The Hall–Kier alpha value is -0.610. The van der Waals surface area contributed by atoms with Crippen molar-refractivity contribution in [3.8, 4) is 0 Å². The summed E-state index contributed by atoms with van der Waals surface area (Å²) in [4.78, 5) is 16.5. The van der Waals surface area contributed by atoms with Gasteiger partial charge in [0.05, 0.1) is 0 Å². The molecule has 2 heterocycles. The summed E-state index contributed by atoms with van der Waals surface area (Å²) in [5.41, 5.74) is 0. The van der Waals surface area contributed by atoms with Crippen LogP contribution < -0.4 is 5.32 Å². The van der Waals surface area contributed by atoms with Crippen LogP contribution in [0.15, 0.2) is 0 Å². The van der Waals surface area contributed by atoms with Gasteiger partial charge < -0.3 is 15.1 Å². The van der Waals surface area contributed by atoms with Gasteiger partial charge in [0.1, 0.15) is 0 Å². The predicted molar refractivity (Wildman–Crippen MR) is 73.5 cm³/mol. The fraction of sp³-hybridized carbons (Fsp3) is 0.929. The maximum atomic E-state index is 11.9. The van der Waals surface area contributed by atoms with Crippen LogP contribution in [0.5, 0.6) is 0 Å². The molecule has 104 valence electrons. The Bertz CT molecular complexity index is 264. The Morgan fingerprint density at radius 2 is 2.06 bits per heavy atom. The summed E-state index contributed by atoms with van der Waals surface area (Å²) < 4.78 is 0. The van der Waals surface area contributed by atoms with E-state index in [1.54, 1.807) is 0 Å². The number of carbonyl (C=O) groups is 1. The molecule has 1 N–H and O–H groups in total. The number of carbonyl (C=O) groups excluding carboxylic acids is 1. The zero-order valence-corrected chi connectivity index (χ0v) is 11.7. The molecular weight excluding hydrogens is 226 g/mol. The number of likely N-dealkylation sites (tertiary alicyclic amines) is 1. The second kappa shape index (κ2) is 7.10. The van der Waals surface area contributed by atoms with Gasteiger partial charge in [-0.1, -0.05) is 19.8 Å². The standard InChI is InChI=1S/C14H27N3O/c1-2-3-4-7-17-12-13(10-14(17)18)11-16-8-5-15-6-9-16/h13,15H,2-12H2,1H3. The van der Waals surface area contributed by atoms with Crippen LogP contribution >= 0.6 is 0 Å². The lowest BCUT2D eigenvalue weighted by atomic mass is 10.1. The highest BCUT2D eigenvalue weighted by molar-refractivity contribution is 5.78. The predicted octanol–water partition coefficient (Wildman–Crippen LogP) is 0.930. The van der Waals surface area contributed by atoms with E-state index < -0.39 is 0 Å². The van der Waals surface area contributed by atoms with Crippen LogP contribution in [0.1, 0.15) is 32.6 Å². The van der Waals surface area contributed by atoms with E-state index in [0.717, 1.165) is 52.2 Å². The Kier molecular flexibility index (Phi) is 5.45. The summed E-state index contributed by atoms with van der Waals surface area (Å²) in [5, 5.41) is 3.37. The second-order valence-electron chi connectivity index (χ2n) is 5.67. The highest BCUT2D eigenvalue weighted by Gasteiger charge is 2.30. The van der Waals surface area contributed by atoms with Crippen molar-refractivity contribution in [2.75, 3.05) is 45.8 Å². The minimum atomic E-state index is 0.381. The summed E-state index contributed by atoms with van der Waals surface area (Å²) in [5.74, 6) is 0.948. The van der Waals surface area contributed by atoms with Crippen molar-refractivity contribution in [3.63, 3.8) is 0 Å². The molecule has 1 unspecified atom stereocenters. The van der Waals surface area contributed by atoms with Gasteiger partial charge in [-0.15, -0.1) is 0 Å². The highest BCUT2D eigenvalue weighted by Crippen LogP contribution is 2.19. The van der Waals surface area contributed by atoms with Crippen LogP contribution in [0.25, 0.3) is 0 Å². The van der Waals surface area contributed by atoms with E-state index in [-0.39, 0.29) is 0 Å². The third-order valence-corrected chi connectivity index (χ3v) is 4.05. The van der Waals surface area contributed by atoms with Crippen LogP contribution in [0, 0.1) is 5.92 Å². The van der Waals surface area contributed by atoms with Gasteiger partial charge in [0.15, 0.2) is 0 Å². The first-order valence-corrected chi connectivity index (χ1v) is 7.50. The topological polar surface area (TPSA) is 35.6 Å². The molecule has 1 atom stereocenters. The van der Waals surface area contributed by atoms with Gasteiger partial charge in [-0.2, -0.15) is 0 Å². The molecule has 0 bridgehead atoms. The van der Waals surface area contributed by atoms with Crippen molar-refractivity contribution in [2.45, 2.75) is 32.6 Å². The second-order valence-corrected chi connectivity index (χ2v) is 5.67. The molecule has 2 aliphatic heterocycles. The Balaban J connectivity index is 1.70. The maximum Gasteiger partial charge on any atom is 0.222 e. The number of amides is 1. The highest BCUT2D eigenvalue weighted by atomic mass is 16.2. The van der Waals surface area contributed by atoms with Crippen LogP contribution in [-0.2, 0) is 4.79 Å². The van der Waals surface area contributed by atoms with Gasteiger partial charge in [0.25, 0.3) is 0 Å². The zero-order valence-electron chi connectivity index (χ0n) is 11.7. The average molecular weight is 253 g/mol. The summed E-state index contributed by atoms with van der Waals surface area (Å²) in [6.45, 7) is 9.76. The minimum Gasteiger partial charge on any atom is -0.342 e. The van der Waals surface area contributed by atoms with Crippen molar-refractivity contribution < 1.29 is 4.79 Å². The van der Waals surface area contributed by atoms with Gasteiger partial charge in [-0.25, -0.2) is 0 Å². The number of hydrogen-bond acceptors (Lipinski definition) is 3. The van der Waals surface area contributed by atoms with Crippen molar-refractivity contribution in [1.29, 1.82) is 0 Å². The first-order valence-electron chi connectivity index (χ1n) is 7.50. The number of unbranched alkanes of at least 4 members (excludes halogenated alkanes) is 2. The van der Waals surface area contributed by atoms with E-state index in [1.807, 2.05) is 0 Å². The van der Waals surface area contributed by atoms with Crippen LogP contribution in [0.4, 0.5) is 0 Å². The third-order valence-electron chi connectivity index (χ3n) is 4.05. The molecule has 0 aliphatic carbocycles. The van der Waals surface area contributed by atoms with E-state index in [0.29, 0.717) is 11.8 Å². The summed E-state index contributed by atoms with van der Waals surface area (Å²) in [6.07, 6.45) is 4.41. The Labute approximate surface area is 111 Å². The fourth-order valence-electron chi connectivity index (χ4n) is 3.00. The monoisotopic (exact) mass is 253 g/mol. The maximum absolute atomic E-state index is 11.9.